The summed E-state index contributed by atoms with van der Waals surface area (Å²) in [4.78, 5) is 22.3. The summed E-state index contributed by atoms with van der Waals surface area (Å²) < 4.78 is 0. The zero-order valence-corrected chi connectivity index (χ0v) is 10.9. The van der Waals surface area contributed by atoms with Crippen molar-refractivity contribution in [2.45, 2.75) is 50.6 Å². The van der Waals surface area contributed by atoms with Crippen LogP contribution in [-0.2, 0) is 9.59 Å². The van der Waals surface area contributed by atoms with Crippen LogP contribution in [0.5, 0.6) is 0 Å². The molecule has 0 heterocycles. The standard InChI is InChI=1S/C14H19N3O2/c15-8-11(7-10-1-2-10)14(19)17-13-5-3-12(4-6-13)16-9-18/h7,9-10,12-13H,1-6H2,(H,16,18)(H,17,19)/b11-7+. The predicted molar refractivity (Wildman–Crippen MR) is 69.8 cm³/mol. The van der Waals surface area contributed by atoms with Gasteiger partial charge in [-0.25, -0.2) is 0 Å². The highest BCUT2D eigenvalue weighted by Crippen LogP contribution is 2.31. The smallest absolute Gasteiger partial charge is 0.261 e. The van der Waals surface area contributed by atoms with Gasteiger partial charge in [0.05, 0.1) is 0 Å². The minimum atomic E-state index is -0.249. The van der Waals surface area contributed by atoms with Crippen LogP contribution in [0.2, 0.25) is 0 Å². The second-order valence-corrected chi connectivity index (χ2v) is 5.34. The van der Waals surface area contributed by atoms with Crippen LogP contribution in [0, 0.1) is 17.2 Å². The molecule has 2 aliphatic rings. The Kier molecular flexibility index (Phi) is 4.56. The van der Waals surface area contributed by atoms with Crippen molar-refractivity contribution < 1.29 is 9.59 Å². The maximum atomic E-state index is 11.9. The number of nitriles is 1. The molecule has 19 heavy (non-hydrogen) atoms. The first-order chi connectivity index (χ1) is 9.22. The molecule has 0 radical (unpaired) electrons. The molecule has 0 aliphatic heterocycles. The zero-order valence-electron chi connectivity index (χ0n) is 10.9. The fraction of sp³-hybridized carbons (Fsp3) is 0.643. The van der Waals surface area contributed by atoms with E-state index in [1.165, 1.54) is 0 Å². The quantitative estimate of drug-likeness (QED) is 0.440. The summed E-state index contributed by atoms with van der Waals surface area (Å²) in [6.45, 7) is 0. The third-order valence-corrected chi connectivity index (χ3v) is 3.76. The molecule has 0 atom stereocenters. The van der Waals surface area contributed by atoms with Gasteiger partial charge in [-0.15, -0.1) is 0 Å². The molecule has 5 heteroatoms. The maximum Gasteiger partial charge on any atom is 0.261 e. The lowest BCUT2D eigenvalue weighted by Gasteiger charge is -2.28. The molecule has 2 rings (SSSR count). The van der Waals surface area contributed by atoms with Gasteiger partial charge in [-0.3, -0.25) is 9.59 Å². The van der Waals surface area contributed by atoms with Gasteiger partial charge in [0.25, 0.3) is 5.91 Å². The number of rotatable bonds is 5. The first kappa shape index (κ1) is 13.6. The molecule has 2 N–H and O–H groups in total. The highest BCUT2D eigenvalue weighted by Gasteiger charge is 2.25. The van der Waals surface area contributed by atoms with Crippen molar-refractivity contribution in [2.75, 3.05) is 0 Å². The van der Waals surface area contributed by atoms with Crippen molar-refractivity contribution >= 4 is 12.3 Å². The number of amides is 2. The van der Waals surface area contributed by atoms with Gasteiger partial charge in [0.2, 0.25) is 6.41 Å². The molecule has 0 unspecified atom stereocenters. The Hall–Kier alpha value is -1.83. The predicted octanol–water partition coefficient (Wildman–Crippen LogP) is 1.02. The van der Waals surface area contributed by atoms with Crippen molar-refractivity contribution in [2.24, 2.45) is 5.92 Å². The molecule has 2 saturated carbocycles. The molecule has 2 aliphatic carbocycles. The second kappa shape index (κ2) is 6.37. The van der Waals surface area contributed by atoms with Gasteiger partial charge < -0.3 is 10.6 Å². The molecule has 0 aromatic rings. The molecule has 0 aromatic carbocycles. The number of carbonyl (C=O) groups excluding carboxylic acids is 2. The molecule has 102 valence electrons. The Morgan fingerprint density at radius 1 is 1.11 bits per heavy atom. The SMILES string of the molecule is N#C/C(=C\C1CC1)C(=O)NC1CCC(NC=O)CC1. The molecule has 2 amide bonds. The molecule has 0 bridgehead atoms. The van der Waals surface area contributed by atoms with Gasteiger partial charge in [0.1, 0.15) is 11.6 Å². The minimum absolute atomic E-state index is 0.119. The van der Waals surface area contributed by atoms with Gasteiger partial charge in [0.15, 0.2) is 0 Å². The Bertz CT molecular complexity index is 413. The second-order valence-electron chi connectivity index (χ2n) is 5.34. The topological polar surface area (TPSA) is 82.0 Å². The van der Waals surface area contributed by atoms with E-state index >= 15 is 0 Å². The van der Waals surface area contributed by atoms with Crippen LogP contribution < -0.4 is 10.6 Å². The van der Waals surface area contributed by atoms with E-state index in [4.69, 9.17) is 5.26 Å². The van der Waals surface area contributed by atoms with Crippen LogP contribution in [-0.4, -0.2) is 24.4 Å². The van der Waals surface area contributed by atoms with Crippen molar-refractivity contribution in [1.29, 1.82) is 5.26 Å². The lowest BCUT2D eigenvalue weighted by molar-refractivity contribution is -0.118. The van der Waals surface area contributed by atoms with Crippen LogP contribution in [0.15, 0.2) is 11.6 Å². The van der Waals surface area contributed by atoms with E-state index in [0.717, 1.165) is 44.9 Å². The molecule has 0 saturated heterocycles. The van der Waals surface area contributed by atoms with Crippen LogP contribution in [0.25, 0.3) is 0 Å². The zero-order chi connectivity index (χ0) is 13.7. The summed E-state index contributed by atoms with van der Waals surface area (Å²) in [6.07, 6.45) is 8.13. The molecule has 2 fully saturated rings. The first-order valence-corrected chi connectivity index (χ1v) is 6.85. The molecule has 0 spiro atoms. The number of carbonyl (C=O) groups is 2. The van der Waals surface area contributed by atoms with Crippen LogP contribution in [0.1, 0.15) is 38.5 Å². The van der Waals surface area contributed by atoms with E-state index < -0.39 is 0 Å². The molecular formula is C14H19N3O2. The van der Waals surface area contributed by atoms with Crippen molar-refractivity contribution in [3.05, 3.63) is 11.6 Å². The van der Waals surface area contributed by atoms with Crippen molar-refractivity contribution in [3.8, 4) is 6.07 Å². The fourth-order valence-corrected chi connectivity index (χ4v) is 2.43. The Labute approximate surface area is 113 Å². The lowest BCUT2D eigenvalue weighted by Crippen LogP contribution is -2.42. The maximum absolute atomic E-state index is 11.9. The van der Waals surface area contributed by atoms with Gasteiger partial charge in [-0.2, -0.15) is 5.26 Å². The summed E-state index contributed by atoms with van der Waals surface area (Å²) >= 11 is 0. The highest BCUT2D eigenvalue weighted by atomic mass is 16.1. The van der Waals surface area contributed by atoms with Gasteiger partial charge in [0, 0.05) is 12.1 Å². The summed E-state index contributed by atoms with van der Waals surface area (Å²) in [5, 5.41) is 14.7. The third kappa shape index (κ3) is 4.09. The summed E-state index contributed by atoms with van der Waals surface area (Å²) in [5.74, 6) is 0.175. The van der Waals surface area contributed by atoms with Crippen LogP contribution >= 0.6 is 0 Å². The van der Waals surface area contributed by atoms with E-state index in [2.05, 4.69) is 10.6 Å². The van der Waals surface area contributed by atoms with Gasteiger partial charge >= 0.3 is 0 Å². The fourth-order valence-electron chi connectivity index (χ4n) is 2.43. The Morgan fingerprint density at radius 2 is 1.74 bits per heavy atom. The lowest BCUT2D eigenvalue weighted by atomic mass is 9.91. The average Bonchev–Trinajstić information content (AvgIpc) is 3.22. The number of allylic oxidation sites excluding steroid dienone is 1. The molecular weight excluding hydrogens is 242 g/mol. The van der Waals surface area contributed by atoms with E-state index in [0.29, 0.717) is 5.92 Å². The number of nitrogens with zero attached hydrogens (tertiary/aromatic N) is 1. The van der Waals surface area contributed by atoms with Gasteiger partial charge in [-0.1, -0.05) is 6.08 Å². The highest BCUT2D eigenvalue weighted by molar-refractivity contribution is 5.97. The van der Waals surface area contributed by atoms with E-state index in [1.807, 2.05) is 6.07 Å². The van der Waals surface area contributed by atoms with Crippen molar-refractivity contribution in [3.63, 3.8) is 0 Å². The summed E-state index contributed by atoms with van der Waals surface area (Å²) in [6, 6.07) is 2.33. The molecule has 5 nitrogen and oxygen atoms in total. The number of hydrogen-bond donors (Lipinski definition) is 2. The van der Waals surface area contributed by atoms with Gasteiger partial charge in [-0.05, 0) is 44.4 Å². The number of hydrogen-bond acceptors (Lipinski definition) is 3. The van der Waals surface area contributed by atoms with Crippen molar-refractivity contribution in [1.82, 2.24) is 10.6 Å². The Morgan fingerprint density at radius 3 is 2.26 bits per heavy atom. The van der Waals surface area contributed by atoms with Crippen LogP contribution in [0.3, 0.4) is 0 Å². The Balaban J connectivity index is 1.80. The largest absolute Gasteiger partial charge is 0.356 e. The van der Waals surface area contributed by atoms with Crippen LogP contribution in [0.4, 0.5) is 0 Å². The summed E-state index contributed by atoms with van der Waals surface area (Å²) in [7, 11) is 0. The average molecular weight is 261 g/mol. The minimum Gasteiger partial charge on any atom is -0.356 e. The normalized spacial score (nSPS) is 27.2. The first-order valence-electron chi connectivity index (χ1n) is 6.85. The number of nitrogens with one attached hydrogen (secondary N) is 2. The van der Waals surface area contributed by atoms with E-state index in [9.17, 15) is 9.59 Å². The van der Waals surface area contributed by atoms with E-state index in [-0.39, 0.29) is 23.6 Å². The summed E-state index contributed by atoms with van der Waals surface area (Å²) in [5.41, 5.74) is 0.246. The molecule has 0 aromatic heterocycles. The van der Waals surface area contributed by atoms with E-state index in [1.54, 1.807) is 6.08 Å². The monoisotopic (exact) mass is 261 g/mol. The third-order valence-electron chi connectivity index (χ3n) is 3.76.